The fourth-order valence-corrected chi connectivity index (χ4v) is 2.80. The van der Waals surface area contributed by atoms with E-state index in [1.807, 2.05) is 13.8 Å². The zero-order valence-electron chi connectivity index (χ0n) is 11.4. The number of likely N-dealkylation sites (tertiary alicyclic amines) is 1. The van der Waals surface area contributed by atoms with Gasteiger partial charge in [0, 0.05) is 11.0 Å². The van der Waals surface area contributed by atoms with E-state index < -0.39 is 17.2 Å². The molecule has 0 unspecified atom stereocenters. The van der Waals surface area contributed by atoms with Crippen LogP contribution in [0.1, 0.15) is 13.8 Å². The molecule has 0 saturated carbocycles. The van der Waals surface area contributed by atoms with Gasteiger partial charge in [-0.05, 0) is 18.1 Å². The van der Waals surface area contributed by atoms with Crippen LogP contribution in [0.25, 0.3) is 0 Å². The van der Waals surface area contributed by atoms with Crippen LogP contribution < -0.4 is 0 Å². The molecule has 0 spiro atoms. The van der Waals surface area contributed by atoms with Crippen LogP contribution >= 0.6 is 11.8 Å². The predicted octanol–water partition coefficient (Wildman–Crippen LogP) is 2.29. The van der Waals surface area contributed by atoms with Gasteiger partial charge in [-0.3, -0.25) is 4.79 Å². The van der Waals surface area contributed by atoms with Crippen molar-refractivity contribution < 1.29 is 18.7 Å². The molecule has 1 aromatic carbocycles. The maximum absolute atomic E-state index is 13.4. The Bertz CT molecular complexity index is 516. The van der Waals surface area contributed by atoms with E-state index in [9.17, 15) is 18.7 Å². The number of halogens is 2. The summed E-state index contributed by atoms with van der Waals surface area (Å²) in [5, 5.41) is 10.1. The Morgan fingerprint density at radius 2 is 2.10 bits per heavy atom. The number of hydrogen-bond acceptors (Lipinski definition) is 3. The quantitative estimate of drug-likeness (QED) is 0.868. The van der Waals surface area contributed by atoms with Crippen molar-refractivity contribution in [3.63, 3.8) is 0 Å². The topological polar surface area (TPSA) is 40.5 Å². The SMILES string of the molecule is CC(C)C1(O)CN(C(=O)CSc2ccc(F)cc2F)C1. The van der Waals surface area contributed by atoms with Crippen LogP contribution in [0.5, 0.6) is 0 Å². The van der Waals surface area contributed by atoms with E-state index in [1.165, 1.54) is 6.07 Å². The summed E-state index contributed by atoms with van der Waals surface area (Å²) in [5.74, 6) is -1.28. The number of thioether (sulfide) groups is 1. The molecule has 3 nitrogen and oxygen atoms in total. The number of rotatable bonds is 4. The highest BCUT2D eigenvalue weighted by molar-refractivity contribution is 8.00. The highest BCUT2D eigenvalue weighted by Gasteiger charge is 2.45. The number of nitrogens with zero attached hydrogens (tertiary/aromatic N) is 1. The van der Waals surface area contributed by atoms with E-state index >= 15 is 0 Å². The fraction of sp³-hybridized carbons (Fsp3) is 0.500. The molecule has 1 aromatic rings. The molecule has 20 heavy (non-hydrogen) atoms. The largest absolute Gasteiger partial charge is 0.386 e. The van der Waals surface area contributed by atoms with Crippen molar-refractivity contribution in [1.82, 2.24) is 4.90 Å². The lowest BCUT2D eigenvalue weighted by Crippen LogP contribution is -2.66. The Labute approximate surface area is 121 Å². The lowest BCUT2D eigenvalue weighted by Gasteiger charge is -2.49. The number of carbonyl (C=O) groups excluding carboxylic acids is 1. The van der Waals surface area contributed by atoms with E-state index in [0.29, 0.717) is 13.1 Å². The van der Waals surface area contributed by atoms with Gasteiger partial charge in [-0.2, -0.15) is 0 Å². The lowest BCUT2D eigenvalue weighted by atomic mass is 9.83. The van der Waals surface area contributed by atoms with Gasteiger partial charge in [0.15, 0.2) is 0 Å². The van der Waals surface area contributed by atoms with Crippen molar-refractivity contribution in [3.05, 3.63) is 29.8 Å². The van der Waals surface area contributed by atoms with Crippen LogP contribution in [-0.4, -0.2) is 40.4 Å². The molecule has 0 aliphatic carbocycles. The second-order valence-corrected chi connectivity index (χ2v) is 6.39. The second-order valence-electron chi connectivity index (χ2n) is 5.37. The summed E-state index contributed by atoms with van der Waals surface area (Å²) in [6.07, 6.45) is 0. The second kappa shape index (κ2) is 5.69. The molecular weight excluding hydrogens is 284 g/mol. The minimum absolute atomic E-state index is 0.0801. The summed E-state index contributed by atoms with van der Waals surface area (Å²) < 4.78 is 26.1. The first-order chi connectivity index (χ1) is 9.32. The fourth-order valence-electron chi connectivity index (χ4n) is 1.98. The summed E-state index contributed by atoms with van der Waals surface area (Å²) >= 11 is 1.04. The van der Waals surface area contributed by atoms with Crippen LogP contribution in [0.4, 0.5) is 8.78 Å². The zero-order chi connectivity index (χ0) is 14.9. The molecule has 0 bridgehead atoms. The summed E-state index contributed by atoms with van der Waals surface area (Å²) in [4.78, 5) is 13.7. The Hall–Kier alpha value is -1.14. The van der Waals surface area contributed by atoms with Crippen molar-refractivity contribution in [2.75, 3.05) is 18.8 Å². The highest BCUT2D eigenvalue weighted by Crippen LogP contribution is 2.30. The lowest BCUT2D eigenvalue weighted by molar-refractivity contribution is -0.161. The Kier molecular flexibility index (Phi) is 4.34. The van der Waals surface area contributed by atoms with Gasteiger partial charge in [0.25, 0.3) is 0 Å². The van der Waals surface area contributed by atoms with Crippen molar-refractivity contribution in [2.45, 2.75) is 24.3 Å². The molecule has 1 fully saturated rings. The molecule has 6 heteroatoms. The summed E-state index contributed by atoms with van der Waals surface area (Å²) in [6, 6.07) is 3.29. The van der Waals surface area contributed by atoms with E-state index in [0.717, 1.165) is 23.9 Å². The molecule has 1 heterocycles. The van der Waals surface area contributed by atoms with Gasteiger partial charge >= 0.3 is 0 Å². The molecule has 1 saturated heterocycles. The number of amides is 1. The van der Waals surface area contributed by atoms with Gasteiger partial charge in [-0.25, -0.2) is 8.78 Å². The molecule has 0 radical (unpaired) electrons. The van der Waals surface area contributed by atoms with Crippen LogP contribution in [0, 0.1) is 17.6 Å². The highest BCUT2D eigenvalue weighted by atomic mass is 32.2. The molecule has 110 valence electrons. The third-order valence-electron chi connectivity index (χ3n) is 3.60. The van der Waals surface area contributed by atoms with E-state index in [4.69, 9.17) is 0 Å². The molecule has 1 aliphatic rings. The Balaban J connectivity index is 1.85. The molecule has 0 aromatic heterocycles. The van der Waals surface area contributed by atoms with E-state index in [2.05, 4.69) is 0 Å². The van der Waals surface area contributed by atoms with E-state index in [1.54, 1.807) is 4.90 Å². The zero-order valence-corrected chi connectivity index (χ0v) is 12.2. The minimum atomic E-state index is -0.804. The average Bonchev–Trinajstić information content (AvgIpc) is 2.33. The normalized spacial score (nSPS) is 17.2. The van der Waals surface area contributed by atoms with Crippen LogP contribution in [0.2, 0.25) is 0 Å². The summed E-state index contributed by atoms with van der Waals surface area (Å²) in [5.41, 5.74) is -0.804. The third-order valence-corrected chi connectivity index (χ3v) is 4.64. The average molecular weight is 301 g/mol. The van der Waals surface area contributed by atoms with E-state index in [-0.39, 0.29) is 22.5 Å². The maximum atomic E-state index is 13.4. The van der Waals surface area contributed by atoms with Crippen molar-refractivity contribution in [2.24, 2.45) is 5.92 Å². The third kappa shape index (κ3) is 3.12. The first kappa shape index (κ1) is 15.3. The van der Waals surface area contributed by atoms with Gasteiger partial charge in [0.1, 0.15) is 17.2 Å². The smallest absolute Gasteiger partial charge is 0.233 e. The number of hydrogen-bond donors (Lipinski definition) is 1. The number of aliphatic hydroxyl groups is 1. The van der Waals surface area contributed by atoms with Gasteiger partial charge in [-0.1, -0.05) is 13.8 Å². The standard InChI is InChI=1S/C14H17F2NO2S/c1-9(2)14(19)7-17(8-14)13(18)6-20-12-4-3-10(15)5-11(12)16/h3-5,9,19H,6-8H2,1-2H3. The molecule has 0 atom stereocenters. The van der Waals surface area contributed by atoms with Crippen LogP contribution in [0.3, 0.4) is 0 Å². The van der Waals surface area contributed by atoms with Crippen molar-refractivity contribution in [3.8, 4) is 0 Å². The monoisotopic (exact) mass is 301 g/mol. The Morgan fingerprint density at radius 3 is 2.65 bits per heavy atom. The van der Waals surface area contributed by atoms with Crippen LogP contribution in [0.15, 0.2) is 23.1 Å². The number of β-amino-alcohol motifs (C(OH)–C–C–N with tert-alkyl or cyclic N) is 1. The Morgan fingerprint density at radius 1 is 1.45 bits per heavy atom. The van der Waals surface area contributed by atoms with Gasteiger partial charge in [-0.15, -0.1) is 11.8 Å². The van der Waals surface area contributed by atoms with Crippen LogP contribution in [-0.2, 0) is 4.79 Å². The first-order valence-corrected chi connectivity index (χ1v) is 7.38. The summed E-state index contributed by atoms with van der Waals surface area (Å²) in [7, 11) is 0. The predicted molar refractivity (Wildman–Crippen MR) is 73.4 cm³/mol. The first-order valence-electron chi connectivity index (χ1n) is 6.40. The summed E-state index contributed by atoms with van der Waals surface area (Å²) in [6.45, 7) is 4.45. The van der Waals surface area contributed by atoms with Crippen molar-refractivity contribution >= 4 is 17.7 Å². The molecule has 1 N–H and O–H groups in total. The molecule has 1 amide bonds. The maximum Gasteiger partial charge on any atom is 0.233 e. The minimum Gasteiger partial charge on any atom is -0.386 e. The van der Waals surface area contributed by atoms with Gasteiger partial charge < -0.3 is 10.0 Å². The van der Waals surface area contributed by atoms with Crippen molar-refractivity contribution in [1.29, 1.82) is 0 Å². The molecule has 1 aliphatic heterocycles. The number of benzene rings is 1. The number of carbonyl (C=O) groups is 1. The molecular formula is C14H17F2NO2S. The van der Waals surface area contributed by atoms with Gasteiger partial charge in [0.05, 0.1) is 18.8 Å². The molecule has 2 rings (SSSR count). The van der Waals surface area contributed by atoms with Gasteiger partial charge in [0.2, 0.25) is 5.91 Å².